The van der Waals surface area contributed by atoms with E-state index >= 15 is 0 Å². The van der Waals surface area contributed by atoms with Gasteiger partial charge in [0.15, 0.2) is 0 Å². The highest BCUT2D eigenvalue weighted by molar-refractivity contribution is 5.47. The molecule has 2 unspecified atom stereocenters. The first-order chi connectivity index (χ1) is 7.70. The van der Waals surface area contributed by atoms with Crippen molar-refractivity contribution >= 4 is 5.69 Å². The fourth-order valence-corrected chi connectivity index (χ4v) is 2.56. The van der Waals surface area contributed by atoms with Gasteiger partial charge >= 0.3 is 0 Å². The summed E-state index contributed by atoms with van der Waals surface area (Å²) in [6, 6.07) is 7.59. The number of hydrogen-bond donors (Lipinski definition) is 1. The molecule has 3 heteroatoms. The summed E-state index contributed by atoms with van der Waals surface area (Å²) in [5.74, 6) is -0.178. The third-order valence-corrected chi connectivity index (χ3v) is 3.39. The summed E-state index contributed by atoms with van der Waals surface area (Å²) in [5.41, 5.74) is 7.03. The Kier molecular flexibility index (Phi) is 3.44. The molecule has 16 heavy (non-hydrogen) atoms. The van der Waals surface area contributed by atoms with Crippen molar-refractivity contribution in [2.75, 3.05) is 11.4 Å². The fraction of sp³-hybridized carbons (Fsp3) is 0.538. The maximum Gasteiger partial charge on any atom is 0.123 e. The summed E-state index contributed by atoms with van der Waals surface area (Å²) in [7, 11) is 0. The van der Waals surface area contributed by atoms with Crippen LogP contribution in [0.25, 0.3) is 0 Å². The average molecular weight is 222 g/mol. The number of nitrogens with two attached hydrogens (primary N) is 1. The van der Waals surface area contributed by atoms with Crippen LogP contribution >= 0.6 is 0 Å². The molecule has 2 N–H and O–H groups in total. The second-order valence-electron chi connectivity index (χ2n) is 4.49. The minimum absolute atomic E-state index is 0.178. The van der Waals surface area contributed by atoms with E-state index in [-0.39, 0.29) is 5.82 Å². The van der Waals surface area contributed by atoms with Crippen molar-refractivity contribution in [2.24, 2.45) is 5.73 Å². The molecular weight excluding hydrogens is 203 g/mol. The topological polar surface area (TPSA) is 29.3 Å². The molecule has 0 amide bonds. The van der Waals surface area contributed by atoms with Crippen LogP contribution in [0.5, 0.6) is 0 Å². The van der Waals surface area contributed by atoms with Crippen molar-refractivity contribution in [3.63, 3.8) is 0 Å². The number of anilines is 1. The standard InChI is InChI=1S/C13H19FN2/c1-2-16(13-8-5-11(15)9-13)12-6-3-10(14)4-7-12/h3-4,6-7,11,13H,2,5,8-9,15H2,1H3. The molecule has 0 bridgehead atoms. The molecule has 88 valence electrons. The zero-order valence-corrected chi connectivity index (χ0v) is 9.70. The first-order valence-electron chi connectivity index (χ1n) is 5.98. The predicted molar refractivity (Wildman–Crippen MR) is 65.0 cm³/mol. The summed E-state index contributed by atoms with van der Waals surface area (Å²) >= 11 is 0. The summed E-state index contributed by atoms with van der Waals surface area (Å²) in [4.78, 5) is 2.33. The molecule has 1 aliphatic carbocycles. The molecule has 0 aliphatic heterocycles. The van der Waals surface area contributed by atoms with Crippen molar-refractivity contribution in [2.45, 2.75) is 38.3 Å². The first-order valence-corrected chi connectivity index (χ1v) is 5.98. The lowest BCUT2D eigenvalue weighted by molar-refractivity contribution is 0.601. The van der Waals surface area contributed by atoms with Gasteiger partial charge in [0.25, 0.3) is 0 Å². The Morgan fingerprint density at radius 3 is 2.50 bits per heavy atom. The SMILES string of the molecule is CCN(c1ccc(F)cc1)C1CCC(N)C1. The van der Waals surface area contributed by atoms with Crippen LogP contribution in [0.1, 0.15) is 26.2 Å². The number of benzene rings is 1. The van der Waals surface area contributed by atoms with E-state index in [9.17, 15) is 4.39 Å². The molecule has 0 spiro atoms. The van der Waals surface area contributed by atoms with Crippen LogP contribution in [0.3, 0.4) is 0 Å². The lowest BCUT2D eigenvalue weighted by Gasteiger charge is -2.30. The highest BCUT2D eigenvalue weighted by atomic mass is 19.1. The van der Waals surface area contributed by atoms with Crippen molar-refractivity contribution < 1.29 is 4.39 Å². The van der Waals surface area contributed by atoms with E-state index in [1.54, 1.807) is 0 Å². The highest BCUT2D eigenvalue weighted by Crippen LogP contribution is 2.27. The molecular formula is C13H19FN2. The molecule has 0 aromatic heterocycles. The largest absolute Gasteiger partial charge is 0.369 e. The second kappa shape index (κ2) is 4.83. The Hall–Kier alpha value is -1.09. The smallest absolute Gasteiger partial charge is 0.123 e. The quantitative estimate of drug-likeness (QED) is 0.851. The van der Waals surface area contributed by atoms with Crippen molar-refractivity contribution in [3.8, 4) is 0 Å². The summed E-state index contributed by atoms with van der Waals surface area (Å²) in [5, 5.41) is 0. The van der Waals surface area contributed by atoms with Gasteiger partial charge in [-0.2, -0.15) is 0 Å². The number of hydrogen-bond acceptors (Lipinski definition) is 2. The molecule has 1 fully saturated rings. The zero-order valence-electron chi connectivity index (χ0n) is 9.70. The zero-order chi connectivity index (χ0) is 11.5. The van der Waals surface area contributed by atoms with E-state index in [2.05, 4.69) is 11.8 Å². The van der Waals surface area contributed by atoms with Crippen molar-refractivity contribution in [3.05, 3.63) is 30.1 Å². The Morgan fingerprint density at radius 1 is 1.31 bits per heavy atom. The van der Waals surface area contributed by atoms with E-state index < -0.39 is 0 Å². The Bertz CT molecular complexity index is 336. The normalized spacial score (nSPS) is 24.7. The maximum atomic E-state index is 12.9. The van der Waals surface area contributed by atoms with Gasteiger partial charge in [0, 0.05) is 24.3 Å². The van der Waals surface area contributed by atoms with Gasteiger partial charge in [0.2, 0.25) is 0 Å². The predicted octanol–water partition coefficient (Wildman–Crippen LogP) is 2.53. The van der Waals surface area contributed by atoms with Crippen LogP contribution < -0.4 is 10.6 Å². The average Bonchev–Trinajstić information content (AvgIpc) is 2.69. The van der Waals surface area contributed by atoms with Crippen LogP contribution in [0.15, 0.2) is 24.3 Å². The molecule has 1 saturated carbocycles. The molecule has 2 rings (SSSR count). The Labute approximate surface area is 96.2 Å². The number of halogens is 1. The van der Waals surface area contributed by atoms with Crippen LogP contribution in [0, 0.1) is 5.82 Å². The van der Waals surface area contributed by atoms with Crippen LogP contribution in [0.2, 0.25) is 0 Å². The summed E-state index contributed by atoms with van der Waals surface area (Å²) in [6.45, 7) is 3.08. The highest BCUT2D eigenvalue weighted by Gasteiger charge is 2.26. The maximum absolute atomic E-state index is 12.9. The van der Waals surface area contributed by atoms with Crippen LogP contribution in [-0.2, 0) is 0 Å². The van der Waals surface area contributed by atoms with Crippen molar-refractivity contribution in [1.29, 1.82) is 0 Å². The molecule has 1 aliphatic rings. The molecule has 1 aromatic rings. The second-order valence-corrected chi connectivity index (χ2v) is 4.49. The minimum atomic E-state index is -0.178. The van der Waals surface area contributed by atoms with Gasteiger partial charge in [-0.1, -0.05) is 0 Å². The lowest BCUT2D eigenvalue weighted by Crippen LogP contribution is -2.34. The van der Waals surface area contributed by atoms with Gasteiger partial charge in [0.1, 0.15) is 5.82 Å². The van der Waals surface area contributed by atoms with Gasteiger partial charge in [-0.25, -0.2) is 4.39 Å². The van der Waals surface area contributed by atoms with E-state index in [0.717, 1.165) is 31.5 Å². The van der Waals surface area contributed by atoms with Gasteiger partial charge < -0.3 is 10.6 Å². The number of rotatable bonds is 3. The lowest BCUT2D eigenvalue weighted by atomic mass is 10.1. The number of nitrogens with zero attached hydrogens (tertiary/aromatic N) is 1. The summed E-state index contributed by atoms with van der Waals surface area (Å²) < 4.78 is 12.9. The monoisotopic (exact) mass is 222 g/mol. The molecule has 1 aromatic carbocycles. The van der Waals surface area contributed by atoms with Crippen LogP contribution in [0.4, 0.5) is 10.1 Å². The van der Waals surface area contributed by atoms with E-state index in [4.69, 9.17) is 5.73 Å². The minimum Gasteiger partial charge on any atom is -0.369 e. The molecule has 0 saturated heterocycles. The van der Waals surface area contributed by atoms with Gasteiger partial charge in [-0.3, -0.25) is 0 Å². The Morgan fingerprint density at radius 2 is 2.00 bits per heavy atom. The molecule has 2 atom stereocenters. The van der Waals surface area contributed by atoms with E-state index in [1.807, 2.05) is 12.1 Å². The third-order valence-electron chi connectivity index (χ3n) is 3.39. The molecule has 2 nitrogen and oxygen atoms in total. The van der Waals surface area contributed by atoms with Gasteiger partial charge in [-0.05, 0) is 50.5 Å². The molecule has 0 radical (unpaired) electrons. The van der Waals surface area contributed by atoms with Crippen LogP contribution in [-0.4, -0.2) is 18.6 Å². The van der Waals surface area contributed by atoms with Crippen molar-refractivity contribution in [1.82, 2.24) is 0 Å². The third kappa shape index (κ3) is 2.35. The van der Waals surface area contributed by atoms with E-state index in [1.165, 1.54) is 12.1 Å². The van der Waals surface area contributed by atoms with Gasteiger partial charge in [-0.15, -0.1) is 0 Å². The first kappa shape index (κ1) is 11.4. The summed E-state index contributed by atoms with van der Waals surface area (Å²) in [6.07, 6.45) is 3.29. The molecule has 0 heterocycles. The fourth-order valence-electron chi connectivity index (χ4n) is 2.56. The Balaban J connectivity index is 2.13. The van der Waals surface area contributed by atoms with Gasteiger partial charge in [0.05, 0.1) is 0 Å². The van der Waals surface area contributed by atoms with E-state index in [0.29, 0.717) is 12.1 Å².